The average Bonchev–Trinajstić information content (AvgIpc) is 3.56. The maximum Gasteiger partial charge on any atom is 0.318 e. The molecule has 3 amide bonds. The van der Waals surface area contributed by atoms with Gasteiger partial charge in [0.2, 0.25) is 5.91 Å². The van der Waals surface area contributed by atoms with E-state index in [1.807, 2.05) is 17.0 Å². The Labute approximate surface area is 277 Å². The third kappa shape index (κ3) is 8.65. The first-order chi connectivity index (χ1) is 20.8. The van der Waals surface area contributed by atoms with E-state index in [1.54, 1.807) is 29.3 Å². The molecule has 3 atom stereocenters. The maximum atomic E-state index is 13.9. The Kier molecular flexibility index (Phi) is 11.7. The van der Waals surface area contributed by atoms with Crippen molar-refractivity contribution in [2.24, 2.45) is 0 Å². The molecular formula is C31H40Cl2IN5O4. The number of carbonyl (C=O) groups excluding carboxylic acids is 2. The molecule has 234 valence electrons. The first-order valence-corrected chi connectivity index (χ1v) is 17.2. The van der Waals surface area contributed by atoms with E-state index in [-0.39, 0.29) is 30.8 Å². The molecule has 9 nitrogen and oxygen atoms in total. The summed E-state index contributed by atoms with van der Waals surface area (Å²) < 4.78 is 6.61. The first-order valence-electron chi connectivity index (χ1n) is 15.2. The summed E-state index contributed by atoms with van der Waals surface area (Å²) in [6.45, 7) is 4.74. The van der Waals surface area contributed by atoms with E-state index in [0.29, 0.717) is 46.8 Å². The van der Waals surface area contributed by atoms with Crippen LogP contribution < -0.4 is 10.1 Å². The topological polar surface area (TPSA) is 98.2 Å². The maximum absolute atomic E-state index is 13.9. The predicted octanol–water partition coefficient (Wildman–Crippen LogP) is 5.11. The molecule has 3 aliphatic heterocycles. The molecule has 2 N–H and O–H groups in total. The zero-order valence-corrected chi connectivity index (χ0v) is 27.9. The molecule has 5 rings (SSSR count). The molecule has 0 aliphatic carbocycles. The number of hydrogen-bond acceptors (Lipinski definition) is 6. The van der Waals surface area contributed by atoms with Crippen LogP contribution in [0, 0.1) is 0 Å². The van der Waals surface area contributed by atoms with Gasteiger partial charge in [0.05, 0.1) is 15.8 Å². The fourth-order valence-electron chi connectivity index (χ4n) is 6.20. The summed E-state index contributed by atoms with van der Waals surface area (Å²) in [4.78, 5) is 37.7. The number of carbonyl (C=O) groups is 2. The van der Waals surface area contributed by atoms with Crippen LogP contribution >= 0.6 is 45.8 Å². The Bertz CT molecular complexity index is 1260. The zero-order valence-electron chi connectivity index (χ0n) is 24.3. The number of hydrogen-bond donors (Lipinski definition) is 2. The Morgan fingerprint density at radius 1 is 1.05 bits per heavy atom. The van der Waals surface area contributed by atoms with Crippen molar-refractivity contribution >= 4 is 57.7 Å². The fourth-order valence-corrected chi connectivity index (χ4v) is 7.42. The summed E-state index contributed by atoms with van der Waals surface area (Å²) in [7, 11) is 0. The molecule has 2 aromatic rings. The largest absolute Gasteiger partial charge is 0.489 e. The van der Waals surface area contributed by atoms with Gasteiger partial charge in [0.25, 0.3) is 0 Å². The number of benzene rings is 1. The van der Waals surface area contributed by atoms with Crippen LogP contribution in [0.15, 0.2) is 36.5 Å². The van der Waals surface area contributed by atoms with Crippen LogP contribution in [0.4, 0.5) is 4.79 Å². The van der Waals surface area contributed by atoms with Crippen molar-refractivity contribution in [3.05, 3.63) is 57.8 Å². The third-order valence-electron chi connectivity index (χ3n) is 8.62. The number of nitrogens with one attached hydrogen (secondary N) is 1. The molecule has 0 spiro atoms. The van der Waals surface area contributed by atoms with E-state index in [9.17, 15) is 14.7 Å². The second kappa shape index (κ2) is 15.4. The van der Waals surface area contributed by atoms with Crippen LogP contribution in [0.1, 0.15) is 55.7 Å². The van der Waals surface area contributed by atoms with E-state index in [2.05, 4.69) is 32.8 Å². The van der Waals surface area contributed by atoms with Gasteiger partial charge < -0.3 is 25.0 Å². The number of aliphatic hydroxyl groups excluding tert-OH is 1. The minimum atomic E-state index is -0.804. The van der Waals surface area contributed by atoms with E-state index < -0.39 is 12.1 Å². The molecule has 3 fully saturated rings. The SMILES string of the molecule is O=C(N[C@H](Cc1ccc(Cl)cc1Cl)C(=O)N1CCC(c2ncccc2OC[C@@H](I)N2CCCC2)CC1)N1CCC[C@H](O)C1. The number of alkyl halides is 1. The summed E-state index contributed by atoms with van der Waals surface area (Å²) in [5.74, 6) is 0.846. The number of aliphatic hydroxyl groups is 1. The van der Waals surface area contributed by atoms with E-state index >= 15 is 0 Å². The number of halogens is 3. The van der Waals surface area contributed by atoms with Crippen LogP contribution in [-0.4, -0.2) is 98.8 Å². The first kappa shape index (κ1) is 32.5. The zero-order chi connectivity index (χ0) is 30.3. The Hall–Kier alpha value is -1.86. The summed E-state index contributed by atoms with van der Waals surface area (Å²) >= 11 is 15.0. The minimum absolute atomic E-state index is 0.147. The van der Waals surface area contributed by atoms with E-state index in [0.717, 1.165) is 49.4 Å². The van der Waals surface area contributed by atoms with E-state index in [1.165, 1.54) is 12.8 Å². The second-order valence-electron chi connectivity index (χ2n) is 11.7. The van der Waals surface area contributed by atoms with Gasteiger partial charge in [-0.1, -0.05) is 51.9 Å². The number of aromatic nitrogens is 1. The monoisotopic (exact) mass is 743 g/mol. The van der Waals surface area contributed by atoms with Crippen LogP contribution in [0.3, 0.4) is 0 Å². The highest BCUT2D eigenvalue weighted by molar-refractivity contribution is 14.1. The molecule has 0 saturated carbocycles. The molecule has 0 bridgehead atoms. The predicted molar refractivity (Wildman–Crippen MR) is 176 cm³/mol. The van der Waals surface area contributed by atoms with Crippen molar-refractivity contribution in [3.8, 4) is 5.75 Å². The smallest absolute Gasteiger partial charge is 0.318 e. The molecule has 12 heteroatoms. The molecule has 4 heterocycles. The number of nitrogens with zero attached hydrogens (tertiary/aromatic N) is 4. The number of ether oxygens (including phenoxy) is 1. The number of β-amino-alcohol motifs (C(OH)–C–C–N with tert-alkyl or cyclic N) is 1. The van der Waals surface area contributed by atoms with Crippen molar-refractivity contribution in [1.82, 2.24) is 25.0 Å². The van der Waals surface area contributed by atoms with Gasteiger partial charge in [-0.2, -0.15) is 0 Å². The highest BCUT2D eigenvalue weighted by Gasteiger charge is 2.33. The number of amides is 3. The van der Waals surface area contributed by atoms with Crippen molar-refractivity contribution in [2.45, 2.75) is 67.1 Å². The average molecular weight is 745 g/mol. The van der Waals surface area contributed by atoms with Crippen molar-refractivity contribution in [1.29, 1.82) is 0 Å². The lowest BCUT2D eigenvalue weighted by Gasteiger charge is -2.36. The second-order valence-corrected chi connectivity index (χ2v) is 13.9. The molecule has 0 unspecified atom stereocenters. The van der Waals surface area contributed by atoms with Gasteiger partial charge >= 0.3 is 6.03 Å². The summed E-state index contributed by atoms with van der Waals surface area (Å²) in [5, 5.41) is 14.0. The van der Waals surface area contributed by atoms with Crippen molar-refractivity contribution in [3.63, 3.8) is 0 Å². The van der Waals surface area contributed by atoms with Crippen LogP contribution in [0.2, 0.25) is 10.0 Å². The van der Waals surface area contributed by atoms with Gasteiger partial charge in [-0.15, -0.1) is 0 Å². The number of pyridine rings is 1. The summed E-state index contributed by atoms with van der Waals surface area (Å²) in [5.41, 5.74) is 1.68. The van der Waals surface area contributed by atoms with Crippen molar-refractivity contribution in [2.75, 3.05) is 45.9 Å². The van der Waals surface area contributed by atoms with Gasteiger partial charge in [-0.25, -0.2) is 4.79 Å². The molecule has 3 aliphatic rings. The van der Waals surface area contributed by atoms with Gasteiger partial charge in [0, 0.05) is 54.8 Å². The van der Waals surface area contributed by atoms with Crippen LogP contribution in [-0.2, 0) is 11.2 Å². The molecule has 43 heavy (non-hydrogen) atoms. The minimum Gasteiger partial charge on any atom is -0.489 e. The lowest BCUT2D eigenvalue weighted by atomic mass is 9.91. The van der Waals surface area contributed by atoms with Gasteiger partial charge in [0.15, 0.2) is 0 Å². The lowest BCUT2D eigenvalue weighted by Crippen LogP contribution is -2.56. The summed E-state index contributed by atoms with van der Waals surface area (Å²) in [6, 6.07) is 7.92. The highest BCUT2D eigenvalue weighted by Crippen LogP contribution is 2.33. The molecule has 0 radical (unpaired) electrons. The number of rotatable bonds is 9. The van der Waals surface area contributed by atoms with E-state index in [4.69, 9.17) is 32.9 Å². The van der Waals surface area contributed by atoms with Gasteiger partial charge in [-0.3, -0.25) is 14.7 Å². The number of urea groups is 1. The van der Waals surface area contributed by atoms with Gasteiger partial charge in [-0.05, 0) is 81.4 Å². The number of piperidine rings is 2. The summed E-state index contributed by atoms with van der Waals surface area (Å²) in [6.07, 6.45) is 6.87. The van der Waals surface area contributed by atoms with Crippen LogP contribution in [0.5, 0.6) is 5.75 Å². The molecule has 1 aromatic heterocycles. The molecular weight excluding hydrogens is 704 g/mol. The molecule has 3 saturated heterocycles. The Balaban J connectivity index is 1.23. The fraction of sp³-hybridized carbons (Fsp3) is 0.581. The Morgan fingerprint density at radius 2 is 1.81 bits per heavy atom. The van der Waals surface area contributed by atoms with Crippen LogP contribution in [0.25, 0.3) is 0 Å². The highest BCUT2D eigenvalue weighted by atomic mass is 127. The Morgan fingerprint density at radius 3 is 2.53 bits per heavy atom. The standard InChI is InChI=1S/C31H40Cl2IN5O4/c32-23-8-7-22(25(33)18-23)17-26(36-31(42)39-14-4-5-24(40)19-39)30(41)38-15-9-21(10-16-38)29-27(6-3-11-35-29)43-20-28(34)37-12-1-2-13-37/h3,6-8,11,18,21,24,26,28,40H,1-2,4-5,9-10,12-17,19-20H2,(H,36,42)/t24-,26+,28-/m0/s1. The number of likely N-dealkylation sites (tertiary alicyclic amines) is 3. The normalized spacial score (nSPS) is 21.4. The lowest BCUT2D eigenvalue weighted by molar-refractivity contribution is -0.134. The molecule has 1 aromatic carbocycles. The van der Waals surface area contributed by atoms with Gasteiger partial charge in [0.1, 0.15) is 18.4 Å². The quantitative estimate of drug-likeness (QED) is 0.211. The third-order valence-corrected chi connectivity index (χ3v) is 10.4. The van der Waals surface area contributed by atoms with Crippen molar-refractivity contribution < 1.29 is 19.4 Å².